The fourth-order valence-corrected chi connectivity index (χ4v) is 2.93. The Bertz CT molecular complexity index is 402. The van der Waals surface area contributed by atoms with Gasteiger partial charge in [0, 0.05) is 12.5 Å². The summed E-state index contributed by atoms with van der Waals surface area (Å²) in [6, 6.07) is 9.04. The maximum atomic E-state index is 12.0. The Morgan fingerprint density at radius 3 is 2.40 bits per heavy atom. The standard InChI is InChI=1S/C18H27NO/c1-15-11-13-16(14-12-15)7-6-10-18(20)19-17-8-4-2-3-5-9-17/h11-14,17H,2-10H2,1H3,(H,19,20). The van der Waals surface area contributed by atoms with Crippen molar-refractivity contribution >= 4 is 5.91 Å². The van der Waals surface area contributed by atoms with Gasteiger partial charge in [-0.25, -0.2) is 0 Å². The second-order valence-corrected chi connectivity index (χ2v) is 6.10. The highest BCUT2D eigenvalue weighted by molar-refractivity contribution is 5.76. The van der Waals surface area contributed by atoms with Crippen LogP contribution in [0.3, 0.4) is 0 Å². The number of amides is 1. The van der Waals surface area contributed by atoms with Crippen LogP contribution in [0.5, 0.6) is 0 Å². The highest BCUT2D eigenvalue weighted by Crippen LogP contribution is 2.17. The molecular weight excluding hydrogens is 246 g/mol. The summed E-state index contributed by atoms with van der Waals surface area (Å²) in [4.78, 5) is 12.0. The molecule has 1 amide bonds. The molecule has 0 radical (unpaired) electrons. The van der Waals surface area contributed by atoms with E-state index in [2.05, 4.69) is 36.5 Å². The number of carbonyl (C=O) groups excluding carboxylic acids is 1. The summed E-state index contributed by atoms with van der Waals surface area (Å²) in [5.41, 5.74) is 2.62. The van der Waals surface area contributed by atoms with Gasteiger partial charge in [-0.15, -0.1) is 0 Å². The lowest BCUT2D eigenvalue weighted by atomic mass is 10.1. The summed E-state index contributed by atoms with van der Waals surface area (Å²) >= 11 is 0. The van der Waals surface area contributed by atoms with Crippen molar-refractivity contribution in [2.45, 2.75) is 70.8 Å². The van der Waals surface area contributed by atoms with E-state index >= 15 is 0 Å². The summed E-state index contributed by atoms with van der Waals surface area (Å²) in [5, 5.41) is 3.22. The first-order valence-electron chi connectivity index (χ1n) is 8.09. The predicted molar refractivity (Wildman–Crippen MR) is 83.7 cm³/mol. The van der Waals surface area contributed by atoms with E-state index in [0.29, 0.717) is 12.5 Å². The Balaban J connectivity index is 1.65. The van der Waals surface area contributed by atoms with Crippen molar-refractivity contribution < 1.29 is 4.79 Å². The fraction of sp³-hybridized carbons (Fsp3) is 0.611. The molecule has 2 heteroatoms. The van der Waals surface area contributed by atoms with Gasteiger partial charge in [0.1, 0.15) is 0 Å². The van der Waals surface area contributed by atoms with Crippen LogP contribution in [0.2, 0.25) is 0 Å². The molecule has 1 N–H and O–H groups in total. The molecule has 1 fully saturated rings. The molecule has 0 saturated heterocycles. The van der Waals surface area contributed by atoms with Crippen LogP contribution in [0, 0.1) is 6.92 Å². The molecule has 0 bridgehead atoms. The smallest absolute Gasteiger partial charge is 0.220 e. The maximum Gasteiger partial charge on any atom is 0.220 e. The van der Waals surface area contributed by atoms with Crippen LogP contribution in [-0.4, -0.2) is 11.9 Å². The van der Waals surface area contributed by atoms with Crippen molar-refractivity contribution in [1.29, 1.82) is 0 Å². The average Bonchev–Trinajstić information content (AvgIpc) is 2.70. The minimum atomic E-state index is 0.240. The average molecular weight is 273 g/mol. The van der Waals surface area contributed by atoms with Gasteiger partial charge in [0.25, 0.3) is 0 Å². The van der Waals surface area contributed by atoms with Crippen LogP contribution in [0.25, 0.3) is 0 Å². The van der Waals surface area contributed by atoms with Crippen molar-refractivity contribution in [2.75, 3.05) is 0 Å². The number of nitrogens with one attached hydrogen (secondary N) is 1. The molecule has 0 aromatic heterocycles. The zero-order chi connectivity index (χ0) is 14.2. The summed E-state index contributed by atoms with van der Waals surface area (Å²) in [7, 11) is 0. The van der Waals surface area contributed by atoms with E-state index in [-0.39, 0.29) is 5.91 Å². The zero-order valence-corrected chi connectivity index (χ0v) is 12.7. The van der Waals surface area contributed by atoms with Gasteiger partial charge in [0.15, 0.2) is 0 Å². The molecule has 110 valence electrons. The number of benzene rings is 1. The predicted octanol–water partition coefficient (Wildman–Crippen LogP) is 4.16. The van der Waals surface area contributed by atoms with E-state index < -0.39 is 0 Å². The number of aryl methyl sites for hydroxylation is 2. The summed E-state index contributed by atoms with van der Waals surface area (Å²) < 4.78 is 0. The highest BCUT2D eigenvalue weighted by atomic mass is 16.1. The molecule has 0 heterocycles. The van der Waals surface area contributed by atoms with Crippen LogP contribution in [0.4, 0.5) is 0 Å². The third-order valence-electron chi connectivity index (χ3n) is 4.21. The van der Waals surface area contributed by atoms with Crippen molar-refractivity contribution in [3.63, 3.8) is 0 Å². The zero-order valence-electron chi connectivity index (χ0n) is 12.7. The molecule has 1 saturated carbocycles. The van der Waals surface area contributed by atoms with Crippen molar-refractivity contribution in [3.05, 3.63) is 35.4 Å². The molecule has 0 spiro atoms. The minimum absolute atomic E-state index is 0.240. The van der Waals surface area contributed by atoms with Gasteiger partial charge in [0.2, 0.25) is 5.91 Å². The lowest BCUT2D eigenvalue weighted by molar-refractivity contribution is -0.121. The van der Waals surface area contributed by atoms with Gasteiger partial charge in [-0.1, -0.05) is 55.5 Å². The van der Waals surface area contributed by atoms with Gasteiger partial charge in [-0.3, -0.25) is 4.79 Å². The lowest BCUT2D eigenvalue weighted by Gasteiger charge is -2.16. The van der Waals surface area contributed by atoms with Gasteiger partial charge in [-0.05, 0) is 38.2 Å². The maximum absolute atomic E-state index is 12.0. The van der Waals surface area contributed by atoms with Gasteiger partial charge >= 0.3 is 0 Å². The van der Waals surface area contributed by atoms with E-state index in [1.165, 1.54) is 49.7 Å². The Hall–Kier alpha value is -1.31. The van der Waals surface area contributed by atoms with Crippen LogP contribution in [0.1, 0.15) is 62.5 Å². The Morgan fingerprint density at radius 1 is 1.10 bits per heavy atom. The topological polar surface area (TPSA) is 29.1 Å². The molecule has 2 nitrogen and oxygen atoms in total. The van der Waals surface area contributed by atoms with E-state index in [1.807, 2.05) is 0 Å². The van der Waals surface area contributed by atoms with Crippen LogP contribution in [0.15, 0.2) is 24.3 Å². The molecule has 1 aliphatic rings. The first-order chi connectivity index (χ1) is 9.74. The molecule has 2 rings (SSSR count). The molecule has 0 aliphatic heterocycles. The SMILES string of the molecule is Cc1ccc(CCCC(=O)NC2CCCCCC2)cc1. The van der Waals surface area contributed by atoms with Crippen molar-refractivity contribution in [3.8, 4) is 0 Å². The summed E-state index contributed by atoms with van der Waals surface area (Å²) in [5.74, 6) is 0.240. The second-order valence-electron chi connectivity index (χ2n) is 6.10. The number of hydrogen-bond acceptors (Lipinski definition) is 1. The Labute approximate surface area is 123 Å². The molecule has 1 aliphatic carbocycles. The minimum Gasteiger partial charge on any atom is -0.353 e. The number of hydrogen-bond donors (Lipinski definition) is 1. The van der Waals surface area contributed by atoms with E-state index in [1.54, 1.807) is 0 Å². The number of rotatable bonds is 5. The molecular formula is C18H27NO. The normalized spacial score (nSPS) is 16.6. The Kier molecular flexibility index (Phi) is 6.10. The second kappa shape index (κ2) is 8.08. The third-order valence-corrected chi connectivity index (χ3v) is 4.21. The van der Waals surface area contributed by atoms with Gasteiger partial charge in [0.05, 0.1) is 0 Å². The fourth-order valence-electron chi connectivity index (χ4n) is 2.93. The first-order valence-corrected chi connectivity index (χ1v) is 8.09. The Morgan fingerprint density at radius 2 is 1.75 bits per heavy atom. The monoisotopic (exact) mass is 273 g/mol. The molecule has 20 heavy (non-hydrogen) atoms. The van der Waals surface area contributed by atoms with Crippen LogP contribution >= 0.6 is 0 Å². The lowest BCUT2D eigenvalue weighted by Crippen LogP contribution is -2.34. The van der Waals surface area contributed by atoms with E-state index in [9.17, 15) is 4.79 Å². The third kappa shape index (κ3) is 5.36. The van der Waals surface area contributed by atoms with Gasteiger partial charge < -0.3 is 5.32 Å². The summed E-state index contributed by atoms with van der Waals surface area (Å²) in [6.07, 6.45) is 10.2. The highest BCUT2D eigenvalue weighted by Gasteiger charge is 2.14. The number of carbonyl (C=O) groups is 1. The van der Waals surface area contributed by atoms with Gasteiger partial charge in [-0.2, -0.15) is 0 Å². The molecule has 0 unspecified atom stereocenters. The quantitative estimate of drug-likeness (QED) is 0.802. The van der Waals surface area contributed by atoms with Crippen molar-refractivity contribution in [2.24, 2.45) is 0 Å². The molecule has 1 aromatic rings. The largest absolute Gasteiger partial charge is 0.353 e. The van der Waals surface area contributed by atoms with Crippen LogP contribution in [-0.2, 0) is 11.2 Å². The first kappa shape index (κ1) is 15.1. The molecule has 0 atom stereocenters. The van der Waals surface area contributed by atoms with Crippen molar-refractivity contribution in [1.82, 2.24) is 5.32 Å². The van der Waals surface area contributed by atoms with E-state index in [0.717, 1.165) is 12.8 Å². The van der Waals surface area contributed by atoms with Crippen LogP contribution < -0.4 is 5.32 Å². The van der Waals surface area contributed by atoms with E-state index in [4.69, 9.17) is 0 Å². The molecule has 1 aromatic carbocycles. The summed E-state index contributed by atoms with van der Waals surface area (Å²) in [6.45, 7) is 2.10.